The van der Waals surface area contributed by atoms with Crippen LogP contribution < -0.4 is 0 Å². The Hall–Kier alpha value is -2.11. The van der Waals surface area contributed by atoms with E-state index in [-0.39, 0.29) is 18.0 Å². The third kappa shape index (κ3) is 3.55. The van der Waals surface area contributed by atoms with E-state index < -0.39 is 0 Å². The summed E-state index contributed by atoms with van der Waals surface area (Å²) in [6.45, 7) is 4.10. The van der Waals surface area contributed by atoms with E-state index >= 15 is 0 Å². The molecule has 0 bridgehead atoms. The molecule has 0 radical (unpaired) electrons. The lowest BCUT2D eigenvalue weighted by Gasteiger charge is -2.47. The standard InChI is InChI=1S/C20H28N4O2/c25-19-7-6-16-15-23(20(26)22-11-3-4-12-22)13-9-18(16)24(19)14-8-17-5-1-2-10-21-17/h1-2,5,10,16,18H,3-4,6-9,11-15H2/t16-,18+/m1/s1. The summed E-state index contributed by atoms with van der Waals surface area (Å²) in [4.78, 5) is 35.7. The summed E-state index contributed by atoms with van der Waals surface area (Å²) in [7, 11) is 0. The third-order valence-corrected chi connectivity index (χ3v) is 6.13. The summed E-state index contributed by atoms with van der Waals surface area (Å²) in [5.74, 6) is 0.679. The van der Waals surface area contributed by atoms with Crippen molar-refractivity contribution in [2.45, 2.75) is 44.6 Å². The van der Waals surface area contributed by atoms with E-state index in [2.05, 4.69) is 9.88 Å². The maximum Gasteiger partial charge on any atom is 0.320 e. The summed E-state index contributed by atoms with van der Waals surface area (Å²) < 4.78 is 0. The largest absolute Gasteiger partial charge is 0.339 e. The van der Waals surface area contributed by atoms with E-state index in [0.29, 0.717) is 12.3 Å². The second kappa shape index (κ2) is 7.64. The number of aromatic nitrogens is 1. The molecule has 1 aromatic heterocycles. The van der Waals surface area contributed by atoms with Gasteiger partial charge in [0.1, 0.15) is 0 Å². The quantitative estimate of drug-likeness (QED) is 0.834. The molecule has 6 nitrogen and oxygen atoms in total. The lowest BCUT2D eigenvalue weighted by Crippen LogP contribution is -2.58. The van der Waals surface area contributed by atoms with Crippen LogP contribution in [-0.4, -0.2) is 70.4 Å². The smallest absolute Gasteiger partial charge is 0.320 e. The normalized spacial score (nSPS) is 26.2. The molecule has 140 valence electrons. The van der Waals surface area contributed by atoms with Crippen LogP contribution in [0.4, 0.5) is 4.79 Å². The summed E-state index contributed by atoms with van der Waals surface area (Å²) in [5.41, 5.74) is 1.03. The molecule has 0 aliphatic carbocycles. The van der Waals surface area contributed by atoms with Gasteiger partial charge in [-0.1, -0.05) is 6.07 Å². The van der Waals surface area contributed by atoms with Crippen LogP contribution in [0, 0.1) is 5.92 Å². The number of hydrogen-bond donors (Lipinski definition) is 0. The van der Waals surface area contributed by atoms with Crippen molar-refractivity contribution in [2.24, 2.45) is 5.92 Å². The molecule has 3 saturated heterocycles. The van der Waals surface area contributed by atoms with Gasteiger partial charge >= 0.3 is 6.03 Å². The number of pyridine rings is 1. The van der Waals surface area contributed by atoms with E-state index in [9.17, 15) is 9.59 Å². The van der Waals surface area contributed by atoms with E-state index in [0.717, 1.165) is 70.5 Å². The van der Waals surface area contributed by atoms with Crippen molar-refractivity contribution in [3.63, 3.8) is 0 Å². The number of carbonyl (C=O) groups excluding carboxylic acids is 2. The van der Waals surface area contributed by atoms with Gasteiger partial charge in [0, 0.05) is 63.5 Å². The van der Waals surface area contributed by atoms with Crippen LogP contribution in [0.2, 0.25) is 0 Å². The summed E-state index contributed by atoms with van der Waals surface area (Å²) >= 11 is 0. The molecule has 4 rings (SSSR count). The fraction of sp³-hybridized carbons (Fsp3) is 0.650. The molecule has 0 spiro atoms. The fourth-order valence-electron chi connectivity index (χ4n) is 4.70. The molecule has 6 heteroatoms. The van der Waals surface area contributed by atoms with Crippen molar-refractivity contribution in [1.82, 2.24) is 19.7 Å². The molecule has 2 atom stereocenters. The Bertz CT molecular complexity index is 644. The number of urea groups is 1. The van der Waals surface area contributed by atoms with Crippen LogP contribution in [-0.2, 0) is 11.2 Å². The Morgan fingerprint density at radius 3 is 2.73 bits per heavy atom. The highest BCUT2D eigenvalue weighted by atomic mass is 16.2. The molecule has 3 fully saturated rings. The van der Waals surface area contributed by atoms with Crippen LogP contribution in [0.25, 0.3) is 0 Å². The van der Waals surface area contributed by atoms with Gasteiger partial charge in [0.25, 0.3) is 0 Å². The number of hydrogen-bond acceptors (Lipinski definition) is 3. The van der Waals surface area contributed by atoms with Gasteiger partial charge in [-0.05, 0) is 43.7 Å². The maximum atomic E-state index is 12.7. The van der Waals surface area contributed by atoms with Gasteiger partial charge in [-0.25, -0.2) is 4.79 Å². The van der Waals surface area contributed by atoms with Crippen molar-refractivity contribution in [3.05, 3.63) is 30.1 Å². The van der Waals surface area contributed by atoms with Gasteiger partial charge in [-0.3, -0.25) is 9.78 Å². The Morgan fingerprint density at radius 2 is 1.96 bits per heavy atom. The average Bonchev–Trinajstić information content (AvgIpc) is 3.22. The molecule has 3 aliphatic rings. The van der Waals surface area contributed by atoms with Crippen LogP contribution in [0.3, 0.4) is 0 Å². The Labute approximate surface area is 155 Å². The zero-order chi connectivity index (χ0) is 17.9. The van der Waals surface area contributed by atoms with Gasteiger partial charge < -0.3 is 14.7 Å². The molecular formula is C20H28N4O2. The second-order valence-electron chi connectivity index (χ2n) is 7.74. The number of rotatable bonds is 3. The van der Waals surface area contributed by atoms with Gasteiger partial charge in [0.15, 0.2) is 0 Å². The average molecular weight is 356 g/mol. The van der Waals surface area contributed by atoms with Crippen molar-refractivity contribution >= 4 is 11.9 Å². The summed E-state index contributed by atoms with van der Waals surface area (Å²) in [6, 6.07) is 6.41. The predicted molar refractivity (Wildman–Crippen MR) is 98.6 cm³/mol. The first kappa shape index (κ1) is 17.3. The predicted octanol–water partition coefficient (Wildman–Crippen LogP) is 2.15. The zero-order valence-corrected chi connectivity index (χ0v) is 15.3. The minimum Gasteiger partial charge on any atom is -0.339 e. The van der Waals surface area contributed by atoms with Gasteiger partial charge in [0.05, 0.1) is 0 Å². The Balaban J connectivity index is 1.38. The molecule has 3 amide bonds. The molecule has 26 heavy (non-hydrogen) atoms. The minimum absolute atomic E-state index is 0.206. The summed E-state index contributed by atoms with van der Waals surface area (Å²) in [5, 5.41) is 0. The SMILES string of the molecule is O=C(N1CCCC1)N1CC[C@H]2[C@H](CCC(=O)N2CCc2ccccn2)C1. The number of piperidine rings is 2. The lowest BCUT2D eigenvalue weighted by molar-refractivity contribution is -0.140. The highest BCUT2D eigenvalue weighted by Gasteiger charge is 2.41. The second-order valence-corrected chi connectivity index (χ2v) is 7.74. The van der Waals surface area contributed by atoms with E-state index in [1.165, 1.54) is 0 Å². The fourth-order valence-corrected chi connectivity index (χ4v) is 4.70. The van der Waals surface area contributed by atoms with Crippen molar-refractivity contribution in [3.8, 4) is 0 Å². The molecule has 3 aliphatic heterocycles. The highest BCUT2D eigenvalue weighted by Crippen LogP contribution is 2.32. The first-order chi connectivity index (χ1) is 12.7. The number of fused-ring (bicyclic) bond motifs is 1. The van der Waals surface area contributed by atoms with Crippen molar-refractivity contribution in [1.29, 1.82) is 0 Å². The van der Waals surface area contributed by atoms with Crippen LogP contribution in [0.1, 0.15) is 37.8 Å². The van der Waals surface area contributed by atoms with Gasteiger partial charge in [0.2, 0.25) is 5.91 Å². The molecule has 0 unspecified atom stereocenters. The maximum absolute atomic E-state index is 12.7. The van der Waals surface area contributed by atoms with Crippen LogP contribution in [0.5, 0.6) is 0 Å². The highest BCUT2D eigenvalue weighted by molar-refractivity contribution is 5.78. The van der Waals surface area contributed by atoms with Gasteiger partial charge in [-0.2, -0.15) is 0 Å². The first-order valence-corrected chi connectivity index (χ1v) is 9.95. The molecule has 0 N–H and O–H groups in total. The monoisotopic (exact) mass is 356 g/mol. The minimum atomic E-state index is 0.206. The molecule has 1 aromatic rings. The molecule has 0 aromatic carbocycles. The summed E-state index contributed by atoms with van der Waals surface area (Å²) in [6.07, 6.45) is 7.27. The van der Waals surface area contributed by atoms with Gasteiger partial charge in [-0.15, -0.1) is 0 Å². The van der Waals surface area contributed by atoms with Crippen molar-refractivity contribution < 1.29 is 9.59 Å². The van der Waals surface area contributed by atoms with E-state index in [4.69, 9.17) is 0 Å². The zero-order valence-electron chi connectivity index (χ0n) is 15.3. The Kier molecular flexibility index (Phi) is 5.09. The number of likely N-dealkylation sites (tertiary alicyclic amines) is 3. The Morgan fingerprint density at radius 1 is 1.12 bits per heavy atom. The van der Waals surface area contributed by atoms with E-state index in [1.807, 2.05) is 28.0 Å². The lowest BCUT2D eigenvalue weighted by atomic mass is 9.83. The third-order valence-electron chi connectivity index (χ3n) is 6.13. The van der Waals surface area contributed by atoms with Crippen LogP contribution in [0.15, 0.2) is 24.4 Å². The topological polar surface area (TPSA) is 56.8 Å². The van der Waals surface area contributed by atoms with Crippen LogP contribution >= 0.6 is 0 Å². The molecule has 4 heterocycles. The van der Waals surface area contributed by atoms with Crippen molar-refractivity contribution in [2.75, 3.05) is 32.7 Å². The molecule has 0 saturated carbocycles. The number of carbonyl (C=O) groups is 2. The first-order valence-electron chi connectivity index (χ1n) is 9.95. The molecular weight excluding hydrogens is 328 g/mol. The number of amides is 3. The number of nitrogens with zero attached hydrogens (tertiary/aromatic N) is 4. The van der Waals surface area contributed by atoms with E-state index in [1.54, 1.807) is 6.20 Å².